The quantitative estimate of drug-likeness (QED) is 0.847. The molecule has 20 heavy (non-hydrogen) atoms. The zero-order valence-corrected chi connectivity index (χ0v) is 12.5. The molecule has 2 aromatic rings. The molecule has 0 fully saturated rings. The van der Waals surface area contributed by atoms with Crippen LogP contribution in [0.1, 0.15) is 5.56 Å². The highest BCUT2D eigenvalue weighted by Gasteiger charge is 2.11. The van der Waals surface area contributed by atoms with Gasteiger partial charge in [0.1, 0.15) is 6.61 Å². The van der Waals surface area contributed by atoms with E-state index in [0.29, 0.717) is 26.3 Å². The molecule has 0 spiro atoms. The van der Waals surface area contributed by atoms with Crippen molar-refractivity contribution in [2.24, 2.45) is 0 Å². The maximum Gasteiger partial charge on any atom is 0.488 e. The van der Waals surface area contributed by atoms with Crippen molar-refractivity contribution in [3.8, 4) is 5.75 Å². The van der Waals surface area contributed by atoms with E-state index in [4.69, 9.17) is 49.6 Å². The van der Waals surface area contributed by atoms with Crippen LogP contribution in [0.5, 0.6) is 5.75 Å². The van der Waals surface area contributed by atoms with Crippen LogP contribution in [0.3, 0.4) is 0 Å². The predicted molar refractivity (Wildman–Crippen MR) is 82.1 cm³/mol. The first kappa shape index (κ1) is 15.5. The van der Waals surface area contributed by atoms with E-state index in [1.54, 1.807) is 36.4 Å². The average molecular weight is 331 g/mol. The molecular weight excluding hydrogens is 321 g/mol. The van der Waals surface area contributed by atoms with Crippen molar-refractivity contribution in [3.05, 3.63) is 57.0 Å². The summed E-state index contributed by atoms with van der Waals surface area (Å²) >= 11 is 17.8. The fourth-order valence-electron chi connectivity index (χ4n) is 1.61. The third-order valence-electron chi connectivity index (χ3n) is 2.62. The molecule has 0 aliphatic heterocycles. The van der Waals surface area contributed by atoms with Gasteiger partial charge in [0.15, 0.2) is 5.75 Å². The Morgan fingerprint density at radius 2 is 1.50 bits per heavy atom. The largest absolute Gasteiger partial charge is 0.488 e. The van der Waals surface area contributed by atoms with E-state index in [-0.39, 0.29) is 6.61 Å². The minimum Gasteiger partial charge on any atom is -0.486 e. The molecule has 3 nitrogen and oxygen atoms in total. The summed E-state index contributed by atoms with van der Waals surface area (Å²) < 4.78 is 5.56. The fourth-order valence-corrected chi connectivity index (χ4v) is 2.53. The summed E-state index contributed by atoms with van der Waals surface area (Å²) in [5.41, 5.74) is 1.26. The zero-order valence-electron chi connectivity index (χ0n) is 10.2. The topological polar surface area (TPSA) is 49.7 Å². The Hall–Kier alpha value is -0.905. The number of halogens is 3. The van der Waals surface area contributed by atoms with Crippen molar-refractivity contribution in [2.45, 2.75) is 6.61 Å². The van der Waals surface area contributed by atoms with Gasteiger partial charge in [0.2, 0.25) is 0 Å². The first-order valence-electron chi connectivity index (χ1n) is 5.69. The first-order chi connectivity index (χ1) is 9.47. The second-order valence-electron chi connectivity index (χ2n) is 4.10. The normalized spacial score (nSPS) is 10.4. The molecule has 0 saturated carbocycles. The lowest BCUT2D eigenvalue weighted by Gasteiger charge is -2.10. The molecule has 104 valence electrons. The standard InChI is InChI=1S/C13H10BCl3O3/c15-10-5-11(16)13(12(17)6-10)20-7-8-1-3-9(4-2-8)14(18)19/h1-6,18-19H,7H2. The Labute approximate surface area is 131 Å². The number of benzene rings is 2. The second kappa shape index (κ2) is 6.70. The summed E-state index contributed by atoms with van der Waals surface area (Å²) in [6.45, 7) is 0.253. The van der Waals surface area contributed by atoms with Crippen LogP contribution in [0, 0.1) is 0 Å². The molecule has 0 heterocycles. The van der Waals surface area contributed by atoms with Gasteiger partial charge in [-0.3, -0.25) is 0 Å². The minimum atomic E-state index is -1.48. The molecule has 0 aliphatic carbocycles. The molecule has 0 aliphatic rings. The fraction of sp³-hybridized carbons (Fsp3) is 0.0769. The van der Waals surface area contributed by atoms with E-state index < -0.39 is 7.12 Å². The monoisotopic (exact) mass is 330 g/mol. The van der Waals surface area contributed by atoms with Crippen molar-refractivity contribution in [3.63, 3.8) is 0 Å². The Morgan fingerprint density at radius 1 is 0.950 bits per heavy atom. The van der Waals surface area contributed by atoms with Crippen LogP contribution in [0.15, 0.2) is 36.4 Å². The Morgan fingerprint density at radius 3 is 2.00 bits per heavy atom. The van der Waals surface area contributed by atoms with E-state index in [9.17, 15) is 0 Å². The number of rotatable bonds is 4. The van der Waals surface area contributed by atoms with E-state index in [2.05, 4.69) is 0 Å². The Kier molecular flexibility index (Phi) is 5.19. The molecule has 0 atom stereocenters. The third-order valence-corrected chi connectivity index (χ3v) is 3.40. The van der Waals surface area contributed by atoms with Gasteiger partial charge in [-0.2, -0.15) is 0 Å². The van der Waals surface area contributed by atoms with Gasteiger partial charge < -0.3 is 14.8 Å². The van der Waals surface area contributed by atoms with Crippen LogP contribution in [0.2, 0.25) is 15.1 Å². The Balaban J connectivity index is 2.09. The van der Waals surface area contributed by atoms with Crippen molar-refractivity contribution in [2.75, 3.05) is 0 Å². The molecule has 2 rings (SSSR count). The maximum atomic E-state index is 9.00. The maximum absolute atomic E-state index is 9.00. The van der Waals surface area contributed by atoms with Gasteiger partial charge in [0.25, 0.3) is 0 Å². The van der Waals surface area contributed by atoms with Gasteiger partial charge in [-0.25, -0.2) is 0 Å². The highest BCUT2D eigenvalue weighted by atomic mass is 35.5. The summed E-state index contributed by atoms with van der Waals surface area (Å²) in [4.78, 5) is 0. The van der Waals surface area contributed by atoms with Crippen molar-refractivity contribution >= 4 is 47.4 Å². The lowest BCUT2D eigenvalue weighted by atomic mass is 9.80. The number of hydrogen-bond donors (Lipinski definition) is 2. The van der Waals surface area contributed by atoms with E-state index in [1.165, 1.54) is 0 Å². The molecule has 2 N–H and O–H groups in total. The molecule has 0 unspecified atom stereocenters. The molecule has 0 amide bonds. The zero-order chi connectivity index (χ0) is 14.7. The Bertz CT molecular complexity index is 579. The predicted octanol–water partition coefficient (Wildman–Crippen LogP) is 2.91. The minimum absolute atomic E-state index is 0.253. The highest BCUT2D eigenvalue weighted by Crippen LogP contribution is 2.36. The molecule has 0 radical (unpaired) electrons. The smallest absolute Gasteiger partial charge is 0.486 e. The highest BCUT2D eigenvalue weighted by molar-refractivity contribution is 6.58. The summed E-state index contributed by atoms with van der Waals surface area (Å²) in [5, 5.41) is 19.1. The van der Waals surface area contributed by atoms with Gasteiger partial charge in [0.05, 0.1) is 10.0 Å². The van der Waals surface area contributed by atoms with Gasteiger partial charge in [0, 0.05) is 5.02 Å². The molecule has 2 aromatic carbocycles. The van der Waals surface area contributed by atoms with Crippen LogP contribution in [0.4, 0.5) is 0 Å². The SMILES string of the molecule is OB(O)c1ccc(COc2c(Cl)cc(Cl)cc2Cl)cc1. The van der Waals surface area contributed by atoms with Crippen LogP contribution in [-0.2, 0) is 6.61 Å². The van der Waals surface area contributed by atoms with Crippen molar-refractivity contribution in [1.29, 1.82) is 0 Å². The van der Waals surface area contributed by atoms with Crippen molar-refractivity contribution < 1.29 is 14.8 Å². The van der Waals surface area contributed by atoms with Gasteiger partial charge >= 0.3 is 7.12 Å². The lowest BCUT2D eigenvalue weighted by Crippen LogP contribution is -2.29. The lowest BCUT2D eigenvalue weighted by molar-refractivity contribution is 0.306. The van der Waals surface area contributed by atoms with Crippen LogP contribution in [-0.4, -0.2) is 17.2 Å². The van der Waals surface area contributed by atoms with Crippen LogP contribution < -0.4 is 10.2 Å². The first-order valence-corrected chi connectivity index (χ1v) is 6.83. The average Bonchev–Trinajstić information content (AvgIpc) is 2.38. The third kappa shape index (κ3) is 3.81. The van der Waals surface area contributed by atoms with Gasteiger partial charge in [-0.15, -0.1) is 0 Å². The van der Waals surface area contributed by atoms with E-state index in [0.717, 1.165) is 5.56 Å². The number of hydrogen-bond acceptors (Lipinski definition) is 3. The van der Waals surface area contributed by atoms with Crippen LogP contribution >= 0.6 is 34.8 Å². The van der Waals surface area contributed by atoms with Gasteiger partial charge in [-0.1, -0.05) is 59.1 Å². The molecule has 7 heteroatoms. The van der Waals surface area contributed by atoms with E-state index in [1.807, 2.05) is 0 Å². The number of ether oxygens (including phenoxy) is 1. The van der Waals surface area contributed by atoms with E-state index >= 15 is 0 Å². The summed E-state index contributed by atoms with van der Waals surface area (Å²) in [5.74, 6) is 0.365. The summed E-state index contributed by atoms with van der Waals surface area (Å²) in [6, 6.07) is 9.77. The van der Waals surface area contributed by atoms with Crippen molar-refractivity contribution in [1.82, 2.24) is 0 Å². The molecule has 0 saturated heterocycles. The summed E-state index contributed by atoms with van der Waals surface area (Å²) in [7, 11) is -1.48. The van der Waals surface area contributed by atoms with Crippen LogP contribution in [0.25, 0.3) is 0 Å². The molecular formula is C13H10BCl3O3. The molecule has 0 aromatic heterocycles. The second-order valence-corrected chi connectivity index (χ2v) is 5.35. The molecule has 0 bridgehead atoms. The van der Waals surface area contributed by atoms with Gasteiger partial charge in [-0.05, 0) is 23.2 Å². The summed E-state index contributed by atoms with van der Waals surface area (Å²) in [6.07, 6.45) is 0.